The molecule has 9 heteroatoms. The van der Waals surface area contributed by atoms with Gasteiger partial charge in [0.1, 0.15) is 0 Å². The van der Waals surface area contributed by atoms with E-state index in [1.807, 2.05) is 0 Å². The van der Waals surface area contributed by atoms with E-state index in [2.05, 4.69) is 20.7 Å². The molecule has 0 N–H and O–H groups in total. The van der Waals surface area contributed by atoms with Gasteiger partial charge in [-0.1, -0.05) is 0 Å². The second-order valence-electron chi connectivity index (χ2n) is 4.82. The van der Waals surface area contributed by atoms with Crippen LogP contribution in [-0.4, -0.2) is 49.4 Å². The molecule has 0 unspecified atom stereocenters. The van der Waals surface area contributed by atoms with Crippen molar-refractivity contribution in [2.24, 2.45) is 0 Å². The minimum atomic E-state index is -0.522. The molecule has 1 fully saturated rings. The zero-order valence-electron chi connectivity index (χ0n) is 13.8. The molecule has 0 spiro atoms. The van der Waals surface area contributed by atoms with Crippen LogP contribution in [0.1, 0.15) is 12.5 Å². The summed E-state index contributed by atoms with van der Waals surface area (Å²) < 4.78 is 15.8. The van der Waals surface area contributed by atoms with E-state index in [0.717, 1.165) is 11.8 Å². The second-order valence-corrected chi connectivity index (χ2v) is 6.67. The lowest BCUT2D eigenvalue weighted by Crippen LogP contribution is -2.27. The molecule has 0 atom stereocenters. The summed E-state index contributed by atoms with van der Waals surface area (Å²) in [6.45, 7) is 1.81. The van der Waals surface area contributed by atoms with Crippen LogP contribution in [0.3, 0.4) is 0 Å². The van der Waals surface area contributed by atoms with Crippen molar-refractivity contribution in [3.05, 3.63) is 27.1 Å². The number of nitrogens with zero attached hydrogens (tertiary/aromatic N) is 1. The van der Waals surface area contributed by atoms with Gasteiger partial charge in [-0.15, -0.1) is 0 Å². The van der Waals surface area contributed by atoms with Gasteiger partial charge in [0.25, 0.3) is 11.1 Å². The van der Waals surface area contributed by atoms with Crippen molar-refractivity contribution in [2.45, 2.75) is 6.92 Å². The molecule has 1 aromatic rings. The highest BCUT2D eigenvalue weighted by molar-refractivity contribution is 9.10. The summed E-state index contributed by atoms with van der Waals surface area (Å²) in [4.78, 5) is 36.7. The van der Waals surface area contributed by atoms with E-state index >= 15 is 0 Å². The molecule has 1 aromatic carbocycles. The number of carbonyl (C=O) groups excluding carboxylic acids is 3. The number of amides is 2. The van der Waals surface area contributed by atoms with E-state index in [4.69, 9.17) is 9.47 Å². The molecule has 1 aliphatic heterocycles. The molecule has 1 saturated heterocycles. The summed E-state index contributed by atoms with van der Waals surface area (Å²) in [5.74, 6) is -0.129. The maximum absolute atomic E-state index is 12.2. The normalized spacial score (nSPS) is 15.7. The Hall–Kier alpha value is -2.00. The average Bonchev–Trinajstić information content (AvgIpc) is 2.86. The Morgan fingerprint density at radius 3 is 2.60 bits per heavy atom. The van der Waals surface area contributed by atoms with Crippen molar-refractivity contribution in [1.29, 1.82) is 0 Å². The van der Waals surface area contributed by atoms with Crippen molar-refractivity contribution < 1.29 is 28.6 Å². The zero-order valence-corrected chi connectivity index (χ0v) is 16.2. The molecular formula is C16H16BrNO6S. The number of likely N-dealkylation sites (N-methyl/N-ethyl adjacent to an activating group) is 1. The predicted octanol–water partition coefficient (Wildman–Crippen LogP) is 3.07. The number of esters is 1. The first-order valence-corrected chi connectivity index (χ1v) is 8.84. The van der Waals surface area contributed by atoms with Crippen LogP contribution in [0.25, 0.3) is 6.08 Å². The molecule has 7 nitrogen and oxygen atoms in total. The molecule has 134 valence electrons. The van der Waals surface area contributed by atoms with Crippen LogP contribution in [0.15, 0.2) is 21.5 Å². The molecular weight excluding hydrogens is 414 g/mol. The Morgan fingerprint density at radius 2 is 2.04 bits per heavy atom. The number of halogens is 1. The second kappa shape index (κ2) is 8.39. The van der Waals surface area contributed by atoms with Crippen molar-refractivity contribution in [3.63, 3.8) is 0 Å². The SMILES string of the molecule is CCN1C(=O)S/C(=C/c2cc(Br)c(OCC(=O)OC)c(OC)c2)C1=O. The molecule has 0 radical (unpaired) electrons. The standard InChI is InChI=1S/C16H16BrNO6S/c1-4-18-15(20)12(25-16(18)21)7-9-5-10(17)14(11(6-9)22-2)24-8-13(19)23-3/h5-7H,4,8H2,1-3H3/b12-7+. The van der Waals surface area contributed by atoms with Crippen LogP contribution in [0.2, 0.25) is 0 Å². The number of imide groups is 1. The van der Waals surface area contributed by atoms with Gasteiger partial charge in [-0.2, -0.15) is 0 Å². The molecule has 0 saturated carbocycles. The van der Waals surface area contributed by atoms with E-state index in [0.29, 0.717) is 33.0 Å². The molecule has 0 aromatic heterocycles. The molecule has 2 rings (SSSR count). The third-order valence-corrected chi connectivity index (χ3v) is 4.80. The Bertz CT molecular complexity index is 748. The summed E-state index contributed by atoms with van der Waals surface area (Å²) in [7, 11) is 2.73. The number of ether oxygens (including phenoxy) is 3. The Balaban J connectivity index is 2.30. The fourth-order valence-corrected chi connectivity index (χ4v) is 3.55. The highest BCUT2D eigenvalue weighted by atomic mass is 79.9. The highest BCUT2D eigenvalue weighted by Crippen LogP contribution is 2.39. The van der Waals surface area contributed by atoms with Crippen molar-refractivity contribution in [3.8, 4) is 11.5 Å². The summed E-state index contributed by atoms with van der Waals surface area (Å²) in [6, 6.07) is 3.35. The lowest BCUT2D eigenvalue weighted by molar-refractivity contribution is -0.143. The van der Waals surface area contributed by atoms with Gasteiger partial charge in [-0.05, 0) is 58.4 Å². The van der Waals surface area contributed by atoms with Crippen LogP contribution >= 0.6 is 27.7 Å². The predicted molar refractivity (Wildman–Crippen MR) is 96.6 cm³/mol. The summed E-state index contributed by atoms with van der Waals surface area (Å²) in [5.41, 5.74) is 0.649. The molecule has 0 bridgehead atoms. The monoisotopic (exact) mass is 429 g/mol. The maximum atomic E-state index is 12.2. The number of methoxy groups -OCH3 is 2. The molecule has 1 aliphatic rings. The highest BCUT2D eigenvalue weighted by Gasteiger charge is 2.33. The van der Waals surface area contributed by atoms with Gasteiger partial charge in [0.15, 0.2) is 18.1 Å². The average molecular weight is 430 g/mol. The number of benzene rings is 1. The van der Waals surface area contributed by atoms with Crippen molar-refractivity contribution >= 4 is 50.9 Å². The largest absolute Gasteiger partial charge is 0.493 e. The first-order chi connectivity index (χ1) is 11.9. The number of hydrogen-bond acceptors (Lipinski definition) is 7. The number of hydrogen-bond donors (Lipinski definition) is 0. The van der Waals surface area contributed by atoms with Gasteiger partial charge in [-0.25, -0.2) is 4.79 Å². The first kappa shape index (κ1) is 19.3. The lowest BCUT2D eigenvalue weighted by Gasteiger charge is -2.13. The Labute approximate surface area is 157 Å². The Morgan fingerprint density at radius 1 is 1.32 bits per heavy atom. The summed E-state index contributed by atoms with van der Waals surface area (Å²) in [6.07, 6.45) is 1.61. The van der Waals surface area contributed by atoms with E-state index < -0.39 is 5.97 Å². The minimum absolute atomic E-state index is 0.264. The fourth-order valence-electron chi connectivity index (χ4n) is 2.08. The maximum Gasteiger partial charge on any atom is 0.343 e. The minimum Gasteiger partial charge on any atom is -0.493 e. The van der Waals surface area contributed by atoms with Gasteiger partial charge in [0, 0.05) is 6.54 Å². The van der Waals surface area contributed by atoms with Gasteiger partial charge < -0.3 is 14.2 Å². The van der Waals surface area contributed by atoms with Gasteiger partial charge in [-0.3, -0.25) is 14.5 Å². The molecule has 1 heterocycles. The summed E-state index contributed by atoms with van der Waals surface area (Å²) >= 11 is 4.25. The van der Waals surface area contributed by atoms with Gasteiger partial charge in [0.05, 0.1) is 23.6 Å². The lowest BCUT2D eigenvalue weighted by atomic mass is 10.2. The van der Waals surface area contributed by atoms with Crippen LogP contribution in [-0.2, 0) is 14.3 Å². The van der Waals surface area contributed by atoms with Crippen LogP contribution in [0.5, 0.6) is 11.5 Å². The van der Waals surface area contributed by atoms with Gasteiger partial charge >= 0.3 is 5.97 Å². The number of carbonyl (C=O) groups is 3. The van der Waals surface area contributed by atoms with E-state index in [1.165, 1.54) is 19.1 Å². The summed E-state index contributed by atoms with van der Waals surface area (Å²) in [5, 5.41) is -0.289. The Kier molecular flexibility index (Phi) is 6.49. The molecule has 0 aliphatic carbocycles. The molecule has 2 amide bonds. The van der Waals surface area contributed by atoms with Crippen molar-refractivity contribution in [2.75, 3.05) is 27.4 Å². The first-order valence-electron chi connectivity index (χ1n) is 7.23. The quantitative estimate of drug-likeness (QED) is 0.507. The van der Waals surface area contributed by atoms with Crippen LogP contribution in [0, 0.1) is 0 Å². The molecule has 25 heavy (non-hydrogen) atoms. The van der Waals surface area contributed by atoms with Gasteiger partial charge in [0.2, 0.25) is 0 Å². The van der Waals surface area contributed by atoms with Crippen molar-refractivity contribution in [1.82, 2.24) is 4.90 Å². The number of rotatable bonds is 6. The third kappa shape index (κ3) is 4.35. The fraction of sp³-hybridized carbons (Fsp3) is 0.312. The van der Waals surface area contributed by atoms with Crippen LogP contribution < -0.4 is 9.47 Å². The topological polar surface area (TPSA) is 82.1 Å². The number of thioether (sulfide) groups is 1. The van der Waals surface area contributed by atoms with E-state index in [9.17, 15) is 14.4 Å². The smallest absolute Gasteiger partial charge is 0.343 e. The van der Waals surface area contributed by atoms with E-state index in [1.54, 1.807) is 25.1 Å². The van der Waals surface area contributed by atoms with Crippen LogP contribution in [0.4, 0.5) is 4.79 Å². The zero-order chi connectivity index (χ0) is 18.6. The third-order valence-electron chi connectivity index (χ3n) is 3.30. The van der Waals surface area contributed by atoms with E-state index in [-0.39, 0.29) is 17.8 Å².